The van der Waals surface area contributed by atoms with Crippen molar-refractivity contribution >= 4 is 45.5 Å². The third-order valence-corrected chi connectivity index (χ3v) is 6.58. The Morgan fingerprint density at radius 1 is 0.944 bits per heavy atom. The van der Waals surface area contributed by atoms with Crippen LogP contribution in [0.3, 0.4) is 0 Å². The molecule has 4 aromatic carbocycles. The van der Waals surface area contributed by atoms with E-state index in [-0.39, 0.29) is 12.3 Å². The standard InChI is InChI=1S/C30H29IN2O3/c1-3-21-12-14-22(15-13-21)18-29(34)33-32-19-23-16-27(31)30(28(17-23)35-4-2)36-20-25-10-7-9-24-8-5-6-11-26(24)25/h5-17,19H,3-4,18,20H2,1-2H3,(H,33,34)/b32-19+. The van der Waals surface area contributed by atoms with Gasteiger partial charge in [-0.25, -0.2) is 5.43 Å². The normalized spacial score (nSPS) is 11.1. The molecule has 0 aliphatic heterocycles. The van der Waals surface area contributed by atoms with E-state index in [4.69, 9.17) is 9.47 Å². The fraction of sp³-hybridized carbons (Fsp3) is 0.200. The Balaban J connectivity index is 1.43. The third kappa shape index (κ3) is 6.63. The quantitative estimate of drug-likeness (QED) is 0.127. The third-order valence-electron chi connectivity index (χ3n) is 5.78. The lowest BCUT2D eigenvalue weighted by atomic mass is 10.1. The van der Waals surface area contributed by atoms with Crippen LogP contribution in [-0.4, -0.2) is 18.7 Å². The van der Waals surface area contributed by atoms with E-state index in [0.717, 1.165) is 26.7 Å². The molecule has 0 heterocycles. The van der Waals surface area contributed by atoms with Gasteiger partial charge in [0.25, 0.3) is 0 Å². The number of aryl methyl sites for hydroxylation is 1. The number of hydrogen-bond donors (Lipinski definition) is 1. The first kappa shape index (κ1) is 25.7. The second-order valence-corrected chi connectivity index (χ2v) is 9.49. The van der Waals surface area contributed by atoms with Gasteiger partial charge in [0.05, 0.1) is 22.8 Å². The van der Waals surface area contributed by atoms with Crippen molar-refractivity contribution in [2.24, 2.45) is 5.10 Å². The van der Waals surface area contributed by atoms with Crippen molar-refractivity contribution in [3.05, 3.63) is 105 Å². The first-order valence-electron chi connectivity index (χ1n) is 12.0. The topological polar surface area (TPSA) is 59.9 Å². The van der Waals surface area contributed by atoms with E-state index in [9.17, 15) is 4.79 Å². The molecule has 0 fully saturated rings. The second-order valence-electron chi connectivity index (χ2n) is 8.33. The van der Waals surface area contributed by atoms with Gasteiger partial charge >= 0.3 is 0 Å². The van der Waals surface area contributed by atoms with E-state index in [2.05, 4.69) is 64.3 Å². The summed E-state index contributed by atoms with van der Waals surface area (Å²) >= 11 is 2.24. The lowest BCUT2D eigenvalue weighted by Crippen LogP contribution is -2.19. The smallest absolute Gasteiger partial charge is 0.244 e. The molecule has 36 heavy (non-hydrogen) atoms. The minimum Gasteiger partial charge on any atom is -0.490 e. The largest absolute Gasteiger partial charge is 0.490 e. The van der Waals surface area contributed by atoms with E-state index in [1.54, 1.807) is 6.21 Å². The number of rotatable bonds is 10. The summed E-state index contributed by atoms with van der Waals surface area (Å²) in [5.74, 6) is 1.18. The second kappa shape index (κ2) is 12.5. The highest BCUT2D eigenvalue weighted by molar-refractivity contribution is 14.1. The maximum Gasteiger partial charge on any atom is 0.244 e. The molecule has 0 saturated heterocycles. The molecule has 6 heteroatoms. The summed E-state index contributed by atoms with van der Waals surface area (Å²) < 4.78 is 13.0. The average molecular weight is 592 g/mol. The molecule has 0 saturated carbocycles. The number of carbonyl (C=O) groups is 1. The van der Waals surface area contributed by atoms with Crippen LogP contribution >= 0.6 is 22.6 Å². The highest BCUT2D eigenvalue weighted by Gasteiger charge is 2.13. The number of benzene rings is 4. The number of fused-ring (bicyclic) bond motifs is 1. The van der Waals surface area contributed by atoms with Crippen LogP contribution in [0.2, 0.25) is 0 Å². The van der Waals surface area contributed by atoms with Crippen LogP contribution < -0.4 is 14.9 Å². The maximum absolute atomic E-state index is 12.3. The predicted octanol–water partition coefficient (Wildman–Crippen LogP) is 6.68. The minimum absolute atomic E-state index is 0.162. The monoisotopic (exact) mass is 592 g/mol. The molecule has 0 unspecified atom stereocenters. The van der Waals surface area contributed by atoms with Crippen molar-refractivity contribution in [2.45, 2.75) is 33.3 Å². The summed E-state index contributed by atoms with van der Waals surface area (Å²) in [5, 5.41) is 6.51. The maximum atomic E-state index is 12.3. The molecule has 1 amide bonds. The summed E-state index contributed by atoms with van der Waals surface area (Å²) in [7, 11) is 0. The number of halogens is 1. The Bertz CT molecular complexity index is 1360. The van der Waals surface area contributed by atoms with Gasteiger partial charge in [0, 0.05) is 0 Å². The lowest BCUT2D eigenvalue weighted by Gasteiger charge is -2.15. The molecule has 0 aliphatic rings. The zero-order valence-electron chi connectivity index (χ0n) is 20.5. The van der Waals surface area contributed by atoms with Crippen molar-refractivity contribution in [1.82, 2.24) is 5.43 Å². The van der Waals surface area contributed by atoms with Crippen LogP contribution in [0.25, 0.3) is 10.8 Å². The van der Waals surface area contributed by atoms with Gasteiger partial charge in [-0.3, -0.25) is 4.79 Å². The van der Waals surface area contributed by atoms with Crippen molar-refractivity contribution in [2.75, 3.05) is 6.61 Å². The van der Waals surface area contributed by atoms with Crippen molar-refractivity contribution in [3.63, 3.8) is 0 Å². The summed E-state index contributed by atoms with van der Waals surface area (Å²) in [6, 6.07) is 26.4. The predicted molar refractivity (Wildman–Crippen MR) is 154 cm³/mol. The Labute approximate surface area is 225 Å². The van der Waals surface area contributed by atoms with Gasteiger partial charge in [0.15, 0.2) is 11.5 Å². The van der Waals surface area contributed by atoms with Crippen LogP contribution in [0, 0.1) is 3.57 Å². The molecule has 0 bridgehead atoms. The van der Waals surface area contributed by atoms with Crippen LogP contribution in [0.15, 0.2) is 84.0 Å². The zero-order chi connectivity index (χ0) is 25.3. The van der Waals surface area contributed by atoms with Gasteiger partial charge in [-0.15, -0.1) is 0 Å². The Kier molecular flexibility index (Phi) is 8.95. The summed E-state index contributed by atoms with van der Waals surface area (Å²) in [6.07, 6.45) is 2.88. The van der Waals surface area contributed by atoms with Crippen molar-refractivity contribution in [3.8, 4) is 11.5 Å². The Morgan fingerprint density at radius 3 is 2.47 bits per heavy atom. The van der Waals surface area contributed by atoms with Crippen molar-refractivity contribution < 1.29 is 14.3 Å². The summed E-state index contributed by atoms with van der Waals surface area (Å²) in [5.41, 5.74) is 6.75. The number of hydrogen-bond acceptors (Lipinski definition) is 4. The zero-order valence-corrected chi connectivity index (χ0v) is 22.6. The van der Waals surface area contributed by atoms with Crippen LogP contribution in [0.4, 0.5) is 0 Å². The van der Waals surface area contributed by atoms with Gasteiger partial charge in [-0.1, -0.05) is 73.7 Å². The average Bonchev–Trinajstić information content (AvgIpc) is 2.89. The van der Waals surface area contributed by atoms with Crippen molar-refractivity contribution in [1.29, 1.82) is 0 Å². The molecule has 4 aromatic rings. The first-order chi connectivity index (χ1) is 17.6. The molecule has 184 valence electrons. The van der Waals surface area contributed by atoms with Gasteiger partial charge in [-0.2, -0.15) is 5.10 Å². The molecule has 0 aliphatic carbocycles. The lowest BCUT2D eigenvalue weighted by molar-refractivity contribution is -0.120. The molecular weight excluding hydrogens is 563 g/mol. The number of hydrazone groups is 1. The highest BCUT2D eigenvalue weighted by Crippen LogP contribution is 2.35. The molecule has 0 aromatic heterocycles. The van der Waals surface area contributed by atoms with Crippen LogP contribution in [0.5, 0.6) is 11.5 Å². The highest BCUT2D eigenvalue weighted by atomic mass is 127. The molecule has 0 atom stereocenters. The number of ether oxygens (including phenoxy) is 2. The Morgan fingerprint density at radius 2 is 1.69 bits per heavy atom. The SMILES string of the molecule is CCOc1cc(/C=N/NC(=O)Cc2ccc(CC)cc2)cc(I)c1OCc1cccc2ccccc12. The van der Waals surface area contributed by atoms with Gasteiger partial charge in [-0.05, 0) is 81.1 Å². The van der Waals surface area contributed by atoms with Gasteiger partial charge in [0.1, 0.15) is 6.61 Å². The van der Waals surface area contributed by atoms with Gasteiger partial charge in [0.2, 0.25) is 5.91 Å². The summed E-state index contributed by atoms with van der Waals surface area (Å²) in [6.45, 7) is 4.99. The molecule has 1 N–H and O–H groups in total. The summed E-state index contributed by atoms with van der Waals surface area (Å²) in [4.78, 5) is 12.3. The van der Waals surface area contributed by atoms with Crippen LogP contribution in [0.1, 0.15) is 36.1 Å². The van der Waals surface area contributed by atoms with E-state index in [0.29, 0.717) is 24.7 Å². The number of nitrogens with zero attached hydrogens (tertiary/aromatic N) is 1. The number of nitrogens with one attached hydrogen (secondary N) is 1. The molecule has 4 rings (SSSR count). The molecule has 0 radical (unpaired) electrons. The minimum atomic E-state index is -0.162. The molecular formula is C30H29IN2O3. The number of amides is 1. The fourth-order valence-corrected chi connectivity index (χ4v) is 4.71. The van der Waals surface area contributed by atoms with E-state index >= 15 is 0 Å². The first-order valence-corrected chi connectivity index (χ1v) is 13.1. The molecule has 5 nitrogen and oxygen atoms in total. The van der Waals surface area contributed by atoms with E-state index in [1.165, 1.54) is 16.3 Å². The van der Waals surface area contributed by atoms with Gasteiger partial charge < -0.3 is 9.47 Å². The van der Waals surface area contributed by atoms with Crippen LogP contribution in [-0.2, 0) is 24.2 Å². The Hall–Kier alpha value is -3.39. The fourth-order valence-electron chi connectivity index (χ4n) is 3.93. The van der Waals surface area contributed by atoms with E-state index in [1.807, 2.05) is 61.5 Å². The van der Waals surface area contributed by atoms with E-state index < -0.39 is 0 Å². The number of carbonyl (C=O) groups excluding carboxylic acids is 1. The molecule has 0 spiro atoms.